The van der Waals surface area contributed by atoms with E-state index < -0.39 is 0 Å². The van der Waals surface area contributed by atoms with E-state index in [9.17, 15) is 4.79 Å². The standard InChI is InChI=1S/C15H12N3.C4H6O2.Pt/c1-12-7-5-6-10-14(12)18-15(16-11-17-18)13-8-3-2-4-9-13;1-4(6)2-3-5;/h2-8,10-11H,1H3;2-3,5H,1H3;/q-1;;/b;3-2-;. The molecule has 0 fully saturated rings. The quantitative estimate of drug-likeness (QED) is 0.328. The van der Waals surface area contributed by atoms with Crippen molar-refractivity contribution in [2.75, 3.05) is 0 Å². The van der Waals surface area contributed by atoms with Gasteiger partial charge >= 0.3 is 0 Å². The zero-order valence-electron chi connectivity index (χ0n) is 13.9. The maximum Gasteiger partial charge on any atom is 0.155 e. The molecule has 1 heterocycles. The number of hydrogen-bond donors (Lipinski definition) is 1. The molecule has 0 saturated heterocycles. The number of aliphatic hydroxyl groups is 1. The normalized spacial score (nSPS) is 9.84. The van der Waals surface area contributed by atoms with Crippen LogP contribution < -0.4 is 0 Å². The first-order chi connectivity index (χ1) is 11.6. The van der Waals surface area contributed by atoms with Crippen molar-refractivity contribution in [2.24, 2.45) is 0 Å². The van der Waals surface area contributed by atoms with E-state index in [1.807, 2.05) is 47.1 Å². The summed E-state index contributed by atoms with van der Waals surface area (Å²) in [6, 6.07) is 19.1. The van der Waals surface area contributed by atoms with Crippen molar-refractivity contribution in [2.45, 2.75) is 13.8 Å². The third kappa shape index (κ3) is 5.80. The number of carbonyl (C=O) groups is 1. The van der Waals surface area contributed by atoms with Crippen LogP contribution >= 0.6 is 0 Å². The zero-order chi connectivity index (χ0) is 17.4. The van der Waals surface area contributed by atoms with Crippen LogP contribution in [0.15, 0.2) is 67.2 Å². The van der Waals surface area contributed by atoms with Gasteiger partial charge in [0.05, 0.1) is 17.8 Å². The Balaban J connectivity index is 0.000000390. The second kappa shape index (κ2) is 10.4. The molecule has 0 unspecified atom stereocenters. The topological polar surface area (TPSA) is 68.0 Å². The van der Waals surface area contributed by atoms with E-state index in [-0.39, 0.29) is 26.8 Å². The Labute approximate surface area is 161 Å². The largest absolute Gasteiger partial charge is 0.515 e. The van der Waals surface area contributed by atoms with Crippen LogP contribution in [-0.2, 0) is 25.9 Å². The van der Waals surface area contributed by atoms with E-state index >= 15 is 0 Å². The summed E-state index contributed by atoms with van der Waals surface area (Å²) in [5, 5.41) is 12.1. The van der Waals surface area contributed by atoms with Crippen LogP contribution in [0.25, 0.3) is 17.1 Å². The first kappa shape index (κ1) is 20.5. The van der Waals surface area contributed by atoms with Crippen molar-refractivity contribution < 1.29 is 31.0 Å². The van der Waals surface area contributed by atoms with Crippen LogP contribution in [0.5, 0.6) is 0 Å². The molecule has 0 spiro atoms. The maximum absolute atomic E-state index is 9.80. The van der Waals surface area contributed by atoms with Crippen LogP contribution in [0.3, 0.4) is 0 Å². The van der Waals surface area contributed by atoms with Gasteiger partial charge < -0.3 is 5.11 Å². The Kier molecular flexibility index (Phi) is 8.51. The van der Waals surface area contributed by atoms with Crippen molar-refractivity contribution in [3.8, 4) is 17.1 Å². The minimum absolute atomic E-state index is 0. The molecule has 2 aromatic carbocycles. The summed E-state index contributed by atoms with van der Waals surface area (Å²) in [4.78, 5) is 14.1. The number of para-hydroxylation sites is 1. The van der Waals surface area contributed by atoms with Crippen molar-refractivity contribution >= 4 is 5.78 Å². The van der Waals surface area contributed by atoms with Gasteiger partial charge in [-0.3, -0.25) is 14.5 Å². The van der Waals surface area contributed by atoms with Gasteiger partial charge in [-0.15, -0.1) is 35.9 Å². The van der Waals surface area contributed by atoms with E-state index in [1.54, 1.807) is 6.33 Å². The van der Waals surface area contributed by atoms with Gasteiger partial charge in [0, 0.05) is 27.1 Å². The van der Waals surface area contributed by atoms with Crippen molar-refractivity contribution in [3.05, 3.63) is 78.8 Å². The number of allylic oxidation sites excluding steroid dienone is 1. The van der Waals surface area contributed by atoms with Gasteiger partial charge in [0.25, 0.3) is 0 Å². The van der Waals surface area contributed by atoms with Gasteiger partial charge in [0.15, 0.2) is 5.78 Å². The predicted molar refractivity (Wildman–Crippen MR) is 92.8 cm³/mol. The number of nitrogens with zero attached hydrogens (tertiary/aromatic N) is 3. The third-order valence-corrected chi connectivity index (χ3v) is 3.15. The SMILES string of the molecule is CC(=O)/C=C\O.Cc1ccccc1-n1ncnc1-c1[c-]cccc1.[Pt]. The Hall–Kier alpha value is -2.52. The van der Waals surface area contributed by atoms with E-state index in [2.05, 4.69) is 29.1 Å². The molecule has 0 aliphatic heterocycles. The number of rotatable bonds is 3. The summed E-state index contributed by atoms with van der Waals surface area (Å²) < 4.78 is 1.85. The molecule has 0 aliphatic carbocycles. The summed E-state index contributed by atoms with van der Waals surface area (Å²) in [7, 11) is 0. The van der Waals surface area contributed by atoms with Crippen molar-refractivity contribution in [3.63, 3.8) is 0 Å². The first-order valence-electron chi connectivity index (χ1n) is 7.38. The number of aryl methyl sites for hydroxylation is 1. The average molecular weight is 515 g/mol. The molecule has 1 N–H and O–H groups in total. The molecule has 0 saturated carbocycles. The van der Waals surface area contributed by atoms with Crippen LogP contribution in [0.2, 0.25) is 0 Å². The second-order valence-corrected chi connectivity index (χ2v) is 4.98. The smallest absolute Gasteiger partial charge is 0.155 e. The summed E-state index contributed by atoms with van der Waals surface area (Å²) in [5.74, 6) is 0.669. The number of hydrogen-bond acceptors (Lipinski definition) is 4. The maximum atomic E-state index is 9.80. The van der Waals surface area contributed by atoms with Gasteiger partial charge in [-0.05, 0) is 25.5 Å². The Morgan fingerprint density at radius 2 is 1.92 bits per heavy atom. The predicted octanol–water partition coefficient (Wildman–Crippen LogP) is 3.69. The molecular weight excluding hydrogens is 497 g/mol. The molecule has 5 nitrogen and oxygen atoms in total. The monoisotopic (exact) mass is 515 g/mol. The molecule has 3 rings (SSSR count). The van der Waals surface area contributed by atoms with E-state index in [0.29, 0.717) is 0 Å². The number of carbonyl (C=O) groups excluding carboxylic acids is 1. The minimum atomic E-state index is -0.141. The van der Waals surface area contributed by atoms with Crippen molar-refractivity contribution in [1.29, 1.82) is 0 Å². The second-order valence-electron chi connectivity index (χ2n) is 4.98. The molecule has 3 aromatic rings. The molecule has 0 aliphatic rings. The first-order valence-corrected chi connectivity index (χ1v) is 7.38. The van der Waals surface area contributed by atoms with Crippen LogP contribution in [0.4, 0.5) is 0 Å². The number of aliphatic hydroxyl groups excluding tert-OH is 1. The fraction of sp³-hybridized carbons (Fsp3) is 0.105. The van der Waals surface area contributed by atoms with Crippen molar-refractivity contribution in [1.82, 2.24) is 14.8 Å². The summed E-state index contributed by atoms with van der Waals surface area (Å²) in [5.41, 5.74) is 3.15. The van der Waals surface area contributed by atoms with E-state index in [4.69, 9.17) is 5.11 Å². The summed E-state index contributed by atoms with van der Waals surface area (Å²) in [6.07, 6.45) is 3.38. The molecule has 0 radical (unpaired) electrons. The van der Waals surface area contributed by atoms with Gasteiger partial charge in [0.2, 0.25) is 0 Å². The summed E-state index contributed by atoms with van der Waals surface area (Å²) >= 11 is 0. The number of aromatic nitrogens is 3. The Morgan fingerprint density at radius 3 is 2.48 bits per heavy atom. The molecule has 1 aromatic heterocycles. The van der Waals surface area contributed by atoms with Gasteiger partial charge in [-0.2, -0.15) is 5.10 Å². The molecular formula is C19H18N3O2Pt-. The number of ketones is 1. The third-order valence-electron chi connectivity index (χ3n) is 3.15. The molecule has 0 atom stereocenters. The average Bonchev–Trinajstić information content (AvgIpc) is 3.06. The fourth-order valence-corrected chi connectivity index (χ4v) is 2.04. The van der Waals surface area contributed by atoms with E-state index in [0.717, 1.165) is 29.4 Å². The summed E-state index contributed by atoms with van der Waals surface area (Å²) in [6.45, 7) is 3.43. The minimum Gasteiger partial charge on any atom is -0.515 e. The van der Waals surface area contributed by atoms with Gasteiger partial charge in [0.1, 0.15) is 6.33 Å². The van der Waals surface area contributed by atoms with E-state index in [1.165, 1.54) is 12.5 Å². The molecule has 25 heavy (non-hydrogen) atoms. The molecule has 0 bridgehead atoms. The number of benzene rings is 2. The van der Waals surface area contributed by atoms with Crippen LogP contribution in [0, 0.1) is 13.0 Å². The zero-order valence-corrected chi connectivity index (χ0v) is 16.1. The Morgan fingerprint density at radius 1 is 1.20 bits per heavy atom. The van der Waals surface area contributed by atoms with Crippen LogP contribution in [0.1, 0.15) is 12.5 Å². The molecule has 6 heteroatoms. The van der Waals surface area contributed by atoms with Gasteiger partial charge in [-0.1, -0.05) is 18.2 Å². The van der Waals surface area contributed by atoms with Gasteiger partial charge in [-0.25, -0.2) is 0 Å². The molecule has 0 amide bonds. The van der Waals surface area contributed by atoms with Crippen LogP contribution in [-0.4, -0.2) is 25.7 Å². The molecule has 132 valence electrons. The Bertz CT molecular complexity index is 829. The fourth-order valence-electron chi connectivity index (χ4n) is 2.04.